The van der Waals surface area contributed by atoms with Crippen molar-refractivity contribution < 1.29 is 14.3 Å². The van der Waals surface area contributed by atoms with Crippen LogP contribution in [0.15, 0.2) is 0 Å². The van der Waals surface area contributed by atoms with Gasteiger partial charge in [-0.05, 0) is 6.42 Å². The number of ether oxygens (including phenoxy) is 2. The predicted octanol–water partition coefficient (Wildman–Crippen LogP) is 0.975. The molecule has 1 unspecified atom stereocenters. The highest BCUT2D eigenvalue weighted by Gasteiger charge is 2.04. The molecule has 0 fully saturated rings. The van der Waals surface area contributed by atoms with E-state index >= 15 is 0 Å². The lowest BCUT2D eigenvalue weighted by atomic mass is 10.3. The van der Waals surface area contributed by atoms with Crippen molar-refractivity contribution in [2.24, 2.45) is 0 Å². The molecule has 0 aliphatic heterocycles. The molecule has 0 saturated carbocycles. The van der Waals surface area contributed by atoms with Crippen LogP contribution in [-0.4, -0.2) is 25.8 Å². The summed E-state index contributed by atoms with van der Waals surface area (Å²) in [6.45, 7) is 3.74. The molecule has 60 valence electrons. The van der Waals surface area contributed by atoms with E-state index in [-0.39, 0.29) is 12.1 Å². The quantitative estimate of drug-likeness (QED) is 0.554. The normalized spacial score (nSPS) is 12.7. The highest BCUT2D eigenvalue weighted by atomic mass is 16.6. The zero-order valence-corrected chi connectivity index (χ0v) is 6.72. The van der Waals surface area contributed by atoms with Crippen LogP contribution < -0.4 is 0 Å². The molecule has 0 amide bonds. The van der Waals surface area contributed by atoms with Gasteiger partial charge in [-0.25, -0.2) is 0 Å². The number of carbonyl (C=O) groups is 1. The molecule has 0 aliphatic carbocycles. The Bertz CT molecular complexity index is 97.0. The Labute approximate surface area is 61.3 Å². The molecule has 0 aromatic carbocycles. The van der Waals surface area contributed by atoms with Gasteiger partial charge in [0.05, 0.1) is 6.10 Å². The fraction of sp³-hybridized carbons (Fsp3) is 0.857. The first-order chi connectivity index (χ1) is 4.70. The summed E-state index contributed by atoms with van der Waals surface area (Å²) in [6.07, 6.45) is 0.910. The van der Waals surface area contributed by atoms with Crippen molar-refractivity contribution >= 4 is 5.97 Å². The van der Waals surface area contributed by atoms with Gasteiger partial charge >= 0.3 is 5.97 Å². The van der Waals surface area contributed by atoms with Crippen molar-refractivity contribution in [2.75, 3.05) is 13.7 Å². The molecule has 3 heteroatoms. The lowest BCUT2D eigenvalue weighted by Gasteiger charge is -2.11. The first-order valence-electron chi connectivity index (χ1n) is 3.36. The van der Waals surface area contributed by atoms with Gasteiger partial charge in [-0.15, -0.1) is 0 Å². The largest absolute Gasteiger partial charge is 0.463 e. The van der Waals surface area contributed by atoms with Gasteiger partial charge in [0.2, 0.25) is 0 Å². The van der Waals surface area contributed by atoms with E-state index in [4.69, 9.17) is 9.47 Å². The van der Waals surface area contributed by atoms with E-state index in [1.54, 1.807) is 7.11 Å². The minimum atomic E-state index is -0.254. The van der Waals surface area contributed by atoms with Gasteiger partial charge in [0, 0.05) is 14.0 Å². The van der Waals surface area contributed by atoms with E-state index in [1.807, 2.05) is 6.92 Å². The maximum absolute atomic E-state index is 10.3. The molecule has 10 heavy (non-hydrogen) atoms. The summed E-state index contributed by atoms with van der Waals surface area (Å²) in [5.74, 6) is -0.254. The van der Waals surface area contributed by atoms with Crippen LogP contribution in [0.25, 0.3) is 0 Å². The molecule has 0 radical (unpaired) electrons. The molecular formula is C7H14O3. The summed E-state index contributed by atoms with van der Waals surface area (Å²) >= 11 is 0. The van der Waals surface area contributed by atoms with Gasteiger partial charge in [0.25, 0.3) is 0 Å². The minimum absolute atomic E-state index is 0.0453. The monoisotopic (exact) mass is 146 g/mol. The number of carbonyl (C=O) groups excluding carboxylic acids is 1. The van der Waals surface area contributed by atoms with Crippen LogP contribution in [0.4, 0.5) is 0 Å². The molecule has 1 atom stereocenters. The fourth-order valence-corrected chi connectivity index (χ4v) is 0.563. The average Bonchev–Trinajstić information content (AvgIpc) is 1.90. The third-order valence-corrected chi connectivity index (χ3v) is 1.26. The maximum Gasteiger partial charge on any atom is 0.302 e. The molecule has 0 bridgehead atoms. The van der Waals surface area contributed by atoms with Crippen LogP contribution in [0.3, 0.4) is 0 Å². The van der Waals surface area contributed by atoms with Gasteiger partial charge in [-0.3, -0.25) is 4.79 Å². The Kier molecular flexibility index (Phi) is 4.94. The number of hydrogen-bond acceptors (Lipinski definition) is 3. The Morgan fingerprint density at radius 3 is 2.50 bits per heavy atom. The highest BCUT2D eigenvalue weighted by molar-refractivity contribution is 5.65. The number of rotatable bonds is 4. The molecule has 0 spiro atoms. The van der Waals surface area contributed by atoms with E-state index in [0.717, 1.165) is 6.42 Å². The zero-order chi connectivity index (χ0) is 7.98. The maximum atomic E-state index is 10.3. The SMILES string of the molecule is CCC(COC(C)=O)OC. The van der Waals surface area contributed by atoms with Crippen LogP contribution in [0.2, 0.25) is 0 Å². The summed E-state index contributed by atoms with van der Waals surface area (Å²) in [4.78, 5) is 10.3. The van der Waals surface area contributed by atoms with E-state index in [0.29, 0.717) is 6.61 Å². The van der Waals surface area contributed by atoms with Crippen molar-refractivity contribution in [1.29, 1.82) is 0 Å². The molecule has 0 N–H and O–H groups in total. The molecule has 0 aromatic heterocycles. The summed E-state index contributed by atoms with van der Waals surface area (Å²) in [6, 6.07) is 0. The Balaban J connectivity index is 3.34. The third kappa shape index (κ3) is 4.32. The summed E-state index contributed by atoms with van der Waals surface area (Å²) in [7, 11) is 1.61. The van der Waals surface area contributed by atoms with Crippen molar-refractivity contribution in [3.8, 4) is 0 Å². The fourth-order valence-electron chi connectivity index (χ4n) is 0.563. The van der Waals surface area contributed by atoms with Gasteiger partial charge < -0.3 is 9.47 Å². The van der Waals surface area contributed by atoms with Crippen LogP contribution in [0.1, 0.15) is 20.3 Å². The number of hydrogen-bond donors (Lipinski definition) is 0. The average molecular weight is 146 g/mol. The summed E-state index contributed by atoms with van der Waals surface area (Å²) in [5.41, 5.74) is 0. The van der Waals surface area contributed by atoms with Crippen LogP contribution in [0.5, 0.6) is 0 Å². The van der Waals surface area contributed by atoms with Crippen LogP contribution in [-0.2, 0) is 14.3 Å². The Morgan fingerprint density at radius 2 is 2.20 bits per heavy atom. The molecule has 0 heterocycles. The van der Waals surface area contributed by atoms with Gasteiger partial charge in [0.1, 0.15) is 6.61 Å². The van der Waals surface area contributed by atoms with Crippen molar-refractivity contribution in [2.45, 2.75) is 26.4 Å². The minimum Gasteiger partial charge on any atom is -0.463 e. The Morgan fingerprint density at radius 1 is 1.60 bits per heavy atom. The molecule has 0 aliphatic rings. The van der Waals surface area contributed by atoms with Crippen molar-refractivity contribution in [3.05, 3.63) is 0 Å². The third-order valence-electron chi connectivity index (χ3n) is 1.26. The molecule has 0 aromatic rings. The topological polar surface area (TPSA) is 35.5 Å². The van der Waals surface area contributed by atoms with Crippen LogP contribution in [0, 0.1) is 0 Å². The second-order valence-corrected chi connectivity index (χ2v) is 2.07. The smallest absolute Gasteiger partial charge is 0.302 e. The first-order valence-corrected chi connectivity index (χ1v) is 3.36. The van der Waals surface area contributed by atoms with E-state index in [9.17, 15) is 4.79 Å². The van der Waals surface area contributed by atoms with Crippen molar-refractivity contribution in [1.82, 2.24) is 0 Å². The number of esters is 1. The van der Waals surface area contributed by atoms with Crippen molar-refractivity contribution in [3.63, 3.8) is 0 Å². The second-order valence-electron chi connectivity index (χ2n) is 2.07. The van der Waals surface area contributed by atoms with E-state index < -0.39 is 0 Å². The lowest BCUT2D eigenvalue weighted by molar-refractivity contribution is -0.144. The zero-order valence-electron chi connectivity index (χ0n) is 6.72. The summed E-state index contributed by atoms with van der Waals surface area (Å²) in [5, 5.41) is 0. The van der Waals surface area contributed by atoms with Gasteiger partial charge in [0.15, 0.2) is 0 Å². The van der Waals surface area contributed by atoms with Gasteiger partial charge in [-0.1, -0.05) is 6.92 Å². The standard InChI is InChI=1S/C7H14O3/c1-4-7(9-3)5-10-6(2)8/h7H,4-5H2,1-3H3. The Hall–Kier alpha value is -0.570. The van der Waals surface area contributed by atoms with E-state index in [1.165, 1.54) is 6.92 Å². The molecule has 0 rings (SSSR count). The van der Waals surface area contributed by atoms with E-state index in [2.05, 4.69) is 0 Å². The second kappa shape index (κ2) is 5.23. The summed E-state index contributed by atoms with van der Waals surface area (Å²) < 4.78 is 9.69. The van der Waals surface area contributed by atoms with Crippen LogP contribution >= 0.6 is 0 Å². The van der Waals surface area contributed by atoms with Gasteiger partial charge in [-0.2, -0.15) is 0 Å². The predicted molar refractivity (Wildman–Crippen MR) is 37.7 cm³/mol. The molecule has 0 saturated heterocycles. The molecular weight excluding hydrogens is 132 g/mol. The number of methoxy groups -OCH3 is 1. The first kappa shape index (κ1) is 9.43. The highest BCUT2D eigenvalue weighted by Crippen LogP contribution is 1.96. The lowest BCUT2D eigenvalue weighted by Crippen LogP contribution is -2.18. The molecule has 3 nitrogen and oxygen atoms in total.